The second-order valence-electron chi connectivity index (χ2n) is 6.51. The molecule has 0 saturated carbocycles. The minimum atomic E-state index is -4.58. The Bertz CT molecular complexity index is 1060. The van der Waals surface area contributed by atoms with E-state index in [1.807, 2.05) is 30.3 Å². The van der Waals surface area contributed by atoms with Crippen LogP contribution in [0.5, 0.6) is 0 Å². The highest BCUT2D eigenvalue weighted by molar-refractivity contribution is 7.10. The summed E-state index contributed by atoms with van der Waals surface area (Å²) in [6.45, 7) is 1.46. The van der Waals surface area contributed by atoms with E-state index in [1.165, 1.54) is 18.3 Å². The van der Waals surface area contributed by atoms with Gasteiger partial charge in [-0.3, -0.25) is 4.68 Å². The van der Waals surface area contributed by atoms with E-state index in [0.717, 1.165) is 16.3 Å². The summed E-state index contributed by atoms with van der Waals surface area (Å²) in [5.74, 6) is 0. The van der Waals surface area contributed by atoms with Crippen LogP contribution < -0.4 is 0 Å². The summed E-state index contributed by atoms with van der Waals surface area (Å²) in [6, 6.07) is 9.48. The Morgan fingerprint density at radius 3 is 2.72 bits per heavy atom. The summed E-state index contributed by atoms with van der Waals surface area (Å²) >= 11 is 1.17. The molecule has 1 aromatic carbocycles. The molecule has 1 aliphatic rings. The van der Waals surface area contributed by atoms with Crippen molar-refractivity contribution in [3.8, 4) is 0 Å². The molecule has 2 aromatic heterocycles. The van der Waals surface area contributed by atoms with E-state index in [0.29, 0.717) is 29.1 Å². The number of benzene rings is 1. The molecule has 0 saturated heterocycles. The lowest BCUT2D eigenvalue weighted by molar-refractivity contribution is -0.141. The number of aryl methyl sites for hydroxylation is 1. The zero-order valence-corrected chi connectivity index (χ0v) is 15.9. The first kappa shape index (κ1) is 19.3. The van der Waals surface area contributed by atoms with Crippen molar-refractivity contribution in [3.05, 3.63) is 69.4 Å². The van der Waals surface area contributed by atoms with Gasteiger partial charge in [-0.25, -0.2) is 4.98 Å². The van der Waals surface area contributed by atoms with Crippen LogP contribution in [0.2, 0.25) is 0 Å². The van der Waals surface area contributed by atoms with Crippen molar-refractivity contribution in [3.63, 3.8) is 0 Å². The van der Waals surface area contributed by atoms with Crippen LogP contribution in [-0.2, 0) is 15.8 Å². The van der Waals surface area contributed by atoms with E-state index in [9.17, 15) is 18.0 Å². The fourth-order valence-corrected chi connectivity index (χ4v) is 3.93. The van der Waals surface area contributed by atoms with Crippen LogP contribution >= 0.6 is 11.3 Å². The van der Waals surface area contributed by atoms with Crippen LogP contribution in [0.4, 0.5) is 13.2 Å². The fraction of sp³-hybridized carbons (Fsp3) is 0.263. The maximum atomic E-state index is 12.9. The van der Waals surface area contributed by atoms with Crippen molar-refractivity contribution in [2.24, 2.45) is 5.16 Å². The molecule has 29 heavy (non-hydrogen) atoms. The molecule has 0 N–H and O–H groups in total. The topological polar surface area (TPSA) is 69.4 Å². The fourth-order valence-electron chi connectivity index (χ4n) is 3.06. The molecule has 0 amide bonds. The van der Waals surface area contributed by atoms with Crippen molar-refractivity contribution in [2.45, 2.75) is 31.7 Å². The maximum Gasteiger partial charge on any atom is 0.435 e. The Kier molecular flexibility index (Phi) is 4.95. The van der Waals surface area contributed by atoms with Gasteiger partial charge in [0.25, 0.3) is 0 Å². The molecule has 0 radical (unpaired) electrons. The van der Waals surface area contributed by atoms with Gasteiger partial charge in [-0.05, 0) is 18.6 Å². The third-order valence-corrected chi connectivity index (χ3v) is 5.43. The van der Waals surface area contributed by atoms with Crippen LogP contribution in [0.1, 0.15) is 46.2 Å². The third kappa shape index (κ3) is 3.80. The molecule has 0 bridgehead atoms. The average molecular weight is 420 g/mol. The Morgan fingerprint density at radius 1 is 1.31 bits per heavy atom. The van der Waals surface area contributed by atoms with Gasteiger partial charge < -0.3 is 9.63 Å². The number of halogens is 3. The number of oxime groups is 1. The van der Waals surface area contributed by atoms with Gasteiger partial charge in [-0.2, -0.15) is 18.3 Å². The van der Waals surface area contributed by atoms with E-state index in [1.54, 1.807) is 5.38 Å². The SMILES string of the molecule is Cc1cc(C(F)(F)F)nn1C(C=O)c1nc(C2=NOC(c3ccccc3)C2)cs1. The lowest BCUT2D eigenvalue weighted by Crippen LogP contribution is -2.16. The second-order valence-corrected chi connectivity index (χ2v) is 7.40. The number of carbonyl (C=O) groups is 1. The first-order chi connectivity index (χ1) is 13.9. The Labute approximate surface area is 167 Å². The lowest BCUT2D eigenvalue weighted by Gasteiger charge is -2.10. The largest absolute Gasteiger partial charge is 0.435 e. The maximum absolute atomic E-state index is 12.9. The molecule has 6 nitrogen and oxygen atoms in total. The standard InChI is InChI=1S/C19H15F3N4O2S/c1-11-7-17(19(20,21)22)24-26(11)15(9-27)18-23-14(10-29-18)13-8-16(28-25-13)12-5-3-2-4-6-12/h2-7,9-10,15-16H,8H2,1H3. The lowest BCUT2D eigenvalue weighted by atomic mass is 10.0. The summed E-state index contributed by atoms with van der Waals surface area (Å²) in [4.78, 5) is 21.6. The monoisotopic (exact) mass is 420 g/mol. The minimum Gasteiger partial charge on any atom is -0.387 e. The van der Waals surface area contributed by atoms with Crippen molar-refractivity contribution in [1.29, 1.82) is 0 Å². The summed E-state index contributed by atoms with van der Waals surface area (Å²) in [6.07, 6.45) is -3.76. The van der Waals surface area contributed by atoms with E-state index < -0.39 is 17.9 Å². The molecule has 2 atom stereocenters. The van der Waals surface area contributed by atoms with Crippen molar-refractivity contribution in [2.75, 3.05) is 0 Å². The molecule has 2 unspecified atom stereocenters. The minimum absolute atomic E-state index is 0.219. The smallest absolute Gasteiger partial charge is 0.387 e. The van der Waals surface area contributed by atoms with Gasteiger partial charge in [0.2, 0.25) is 0 Å². The Hall–Kier alpha value is -3.01. The van der Waals surface area contributed by atoms with E-state index in [4.69, 9.17) is 4.84 Å². The highest BCUT2D eigenvalue weighted by Gasteiger charge is 2.36. The number of thiazole rings is 1. The first-order valence-electron chi connectivity index (χ1n) is 8.69. The van der Waals surface area contributed by atoms with Crippen molar-refractivity contribution < 1.29 is 22.8 Å². The van der Waals surface area contributed by atoms with Crippen LogP contribution in [0.3, 0.4) is 0 Å². The van der Waals surface area contributed by atoms with E-state index in [2.05, 4.69) is 15.2 Å². The number of alkyl halides is 3. The highest BCUT2D eigenvalue weighted by Crippen LogP contribution is 2.32. The molecule has 150 valence electrons. The molecule has 0 fully saturated rings. The first-order valence-corrected chi connectivity index (χ1v) is 9.57. The number of hydrogen-bond acceptors (Lipinski definition) is 6. The molecule has 4 rings (SSSR count). The van der Waals surface area contributed by atoms with Crippen molar-refractivity contribution in [1.82, 2.24) is 14.8 Å². The van der Waals surface area contributed by atoms with Gasteiger partial charge in [-0.1, -0.05) is 35.5 Å². The van der Waals surface area contributed by atoms with Crippen LogP contribution in [0.25, 0.3) is 0 Å². The summed E-state index contributed by atoms with van der Waals surface area (Å²) in [7, 11) is 0. The van der Waals surface area contributed by atoms with Crippen LogP contribution in [0, 0.1) is 6.92 Å². The van der Waals surface area contributed by atoms with Gasteiger partial charge in [0.05, 0.1) is 5.69 Å². The number of hydrogen-bond donors (Lipinski definition) is 0. The van der Waals surface area contributed by atoms with Gasteiger partial charge in [-0.15, -0.1) is 11.3 Å². The quantitative estimate of drug-likeness (QED) is 0.577. The number of aldehydes is 1. The van der Waals surface area contributed by atoms with Crippen LogP contribution in [0.15, 0.2) is 46.9 Å². The molecule has 3 heterocycles. The van der Waals surface area contributed by atoms with E-state index in [-0.39, 0.29) is 11.8 Å². The van der Waals surface area contributed by atoms with Gasteiger partial charge >= 0.3 is 6.18 Å². The molecular formula is C19H15F3N4O2S. The molecule has 3 aromatic rings. The number of aromatic nitrogens is 3. The van der Waals surface area contributed by atoms with Gasteiger partial charge in [0.1, 0.15) is 10.7 Å². The number of rotatable bonds is 5. The molecule has 10 heteroatoms. The summed E-state index contributed by atoms with van der Waals surface area (Å²) in [5.41, 5.74) is 1.32. The normalized spacial score (nSPS) is 17.7. The third-order valence-electron chi connectivity index (χ3n) is 4.52. The van der Waals surface area contributed by atoms with Crippen molar-refractivity contribution >= 4 is 23.3 Å². The molecule has 0 aliphatic carbocycles. The van der Waals surface area contributed by atoms with Gasteiger partial charge in [0.15, 0.2) is 24.1 Å². The summed E-state index contributed by atoms with van der Waals surface area (Å²) in [5, 5.41) is 9.70. The molecule has 0 spiro atoms. The zero-order chi connectivity index (χ0) is 20.6. The predicted octanol–water partition coefficient (Wildman–Crippen LogP) is 4.32. The number of nitrogens with zero attached hydrogens (tertiary/aromatic N) is 4. The van der Waals surface area contributed by atoms with E-state index >= 15 is 0 Å². The average Bonchev–Trinajstić information content (AvgIpc) is 3.43. The zero-order valence-electron chi connectivity index (χ0n) is 15.1. The second kappa shape index (κ2) is 7.43. The molecular weight excluding hydrogens is 405 g/mol. The Balaban J connectivity index is 1.56. The van der Waals surface area contributed by atoms with Gasteiger partial charge in [0, 0.05) is 17.5 Å². The molecule has 1 aliphatic heterocycles. The summed E-state index contributed by atoms with van der Waals surface area (Å²) < 4.78 is 39.8. The highest BCUT2D eigenvalue weighted by atomic mass is 32.1. The predicted molar refractivity (Wildman–Crippen MR) is 99.7 cm³/mol. The van der Waals surface area contributed by atoms with Crippen LogP contribution in [-0.4, -0.2) is 26.8 Å². The number of carbonyl (C=O) groups excluding carboxylic acids is 1. The Morgan fingerprint density at radius 2 is 2.07 bits per heavy atom.